The van der Waals surface area contributed by atoms with E-state index in [1.165, 1.54) is 0 Å². The van der Waals surface area contributed by atoms with Crippen molar-refractivity contribution in [3.05, 3.63) is 52.5 Å². The largest absolute Gasteiger partial charge is 0.348 e. The zero-order valence-corrected chi connectivity index (χ0v) is 11.2. The average molecular weight is 284 g/mol. The molecule has 98 valence electrons. The van der Waals surface area contributed by atoms with Gasteiger partial charge in [-0.25, -0.2) is 4.98 Å². The van der Waals surface area contributed by atoms with Gasteiger partial charge in [0.15, 0.2) is 0 Å². The van der Waals surface area contributed by atoms with Crippen LogP contribution in [0.1, 0.15) is 15.9 Å². The summed E-state index contributed by atoms with van der Waals surface area (Å²) in [5.74, 6) is 0.592. The fraction of sp³-hybridized carbons (Fsp3) is 0.0667. The third kappa shape index (κ3) is 1.55. The van der Waals surface area contributed by atoms with E-state index in [1.807, 2.05) is 36.4 Å². The number of benzene rings is 2. The Morgan fingerprint density at radius 1 is 1.15 bits per heavy atom. The number of carbonyl (C=O) groups excluding carboxylic acids is 1. The highest BCUT2D eigenvalue weighted by molar-refractivity contribution is 6.32. The zero-order valence-electron chi connectivity index (χ0n) is 10.4. The molecule has 2 aromatic carbocycles. The van der Waals surface area contributed by atoms with Gasteiger partial charge in [0.05, 0.1) is 16.6 Å². The van der Waals surface area contributed by atoms with Crippen molar-refractivity contribution in [2.75, 3.05) is 0 Å². The Kier molecular flexibility index (Phi) is 2.35. The van der Waals surface area contributed by atoms with Gasteiger partial charge in [0.2, 0.25) is 0 Å². The molecule has 1 aliphatic heterocycles. The van der Waals surface area contributed by atoms with E-state index in [2.05, 4.69) is 15.3 Å². The highest BCUT2D eigenvalue weighted by atomic mass is 35.5. The molecule has 20 heavy (non-hydrogen) atoms. The first-order valence-corrected chi connectivity index (χ1v) is 6.66. The maximum atomic E-state index is 12.0. The van der Waals surface area contributed by atoms with E-state index in [0.29, 0.717) is 23.0 Å². The standard InChI is InChI=1S/C15H10ClN3O/c16-10-6-5-8(13-9(10)7-17-15(13)20)14-18-11-3-1-2-4-12(11)19-14/h1-6H,7H2,(H,17,20)(H,18,19). The lowest BCUT2D eigenvalue weighted by Gasteiger charge is -2.05. The molecule has 5 heteroatoms. The van der Waals surface area contributed by atoms with Crippen LogP contribution in [0.25, 0.3) is 22.4 Å². The van der Waals surface area contributed by atoms with Crippen molar-refractivity contribution in [2.24, 2.45) is 0 Å². The number of rotatable bonds is 1. The Hall–Kier alpha value is -2.33. The molecule has 4 rings (SSSR count). The van der Waals surface area contributed by atoms with Crippen LogP contribution < -0.4 is 5.32 Å². The van der Waals surface area contributed by atoms with Gasteiger partial charge in [-0.15, -0.1) is 0 Å². The number of halogens is 1. The molecule has 0 unspecified atom stereocenters. The average Bonchev–Trinajstić information content (AvgIpc) is 3.04. The number of H-pyrrole nitrogens is 1. The topological polar surface area (TPSA) is 57.8 Å². The van der Waals surface area contributed by atoms with Crippen molar-refractivity contribution < 1.29 is 4.79 Å². The number of amides is 1. The fourth-order valence-corrected chi connectivity index (χ4v) is 2.81. The van der Waals surface area contributed by atoms with E-state index < -0.39 is 0 Å². The summed E-state index contributed by atoms with van der Waals surface area (Å²) in [4.78, 5) is 19.8. The van der Waals surface area contributed by atoms with Crippen LogP contribution >= 0.6 is 11.6 Å². The van der Waals surface area contributed by atoms with Gasteiger partial charge < -0.3 is 10.3 Å². The highest BCUT2D eigenvalue weighted by Gasteiger charge is 2.26. The van der Waals surface area contributed by atoms with Crippen molar-refractivity contribution in [3.8, 4) is 11.4 Å². The third-order valence-corrected chi connectivity index (χ3v) is 3.91. The third-order valence-electron chi connectivity index (χ3n) is 3.55. The van der Waals surface area contributed by atoms with Gasteiger partial charge in [0.25, 0.3) is 5.91 Å². The molecule has 2 N–H and O–H groups in total. The second kappa shape index (κ2) is 4.08. The van der Waals surface area contributed by atoms with E-state index in [0.717, 1.165) is 22.2 Å². The summed E-state index contributed by atoms with van der Waals surface area (Å²) in [6.07, 6.45) is 0. The molecule has 2 heterocycles. The van der Waals surface area contributed by atoms with Crippen molar-refractivity contribution in [3.63, 3.8) is 0 Å². The van der Waals surface area contributed by atoms with Gasteiger partial charge in [-0.3, -0.25) is 4.79 Å². The van der Waals surface area contributed by atoms with Crippen molar-refractivity contribution in [2.45, 2.75) is 6.54 Å². The first kappa shape index (κ1) is 11.5. The second-order valence-electron chi connectivity index (χ2n) is 4.73. The molecular weight excluding hydrogens is 274 g/mol. The highest BCUT2D eigenvalue weighted by Crippen LogP contribution is 2.33. The molecule has 1 amide bonds. The Bertz CT molecular complexity index is 820. The zero-order chi connectivity index (χ0) is 13.7. The van der Waals surface area contributed by atoms with Gasteiger partial charge in [0.1, 0.15) is 5.82 Å². The number of aromatic amines is 1. The summed E-state index contributed by atoms with van der Waals surface area (Å²) in [6, 6.07) is 11.4. The Morgan fingerprint density at radius 2 is 2.00 bits per heavy atom. The second-order valence-corrected chi connectivity index (χ2v) is 5.14. The summed E-state index contributed by atoms with van der Waals surface area (Å²) in [6.45, 7) is 0.473. The van der Waals surface area contributed by atoms with Gasteiger partial charge in [0, 0.05) is 22.7 Å². The van der Waals surface area contributed by atoms with Crippen LogP contribution in [0.5, 0.6) is 0 Å². The minimum Gasteiger partial charge on any atom is -0.348 e. The van der Waals surface area contributed by atoms with Gasteiger partial charge >= 0.3 is 0 Å². The molecule has 0 atom stereocenters. The van der Waals surface area contributed by atoms with Crippen LogP contribution in [0.4, 0.5) is 0 Å². The number of nitrogens with zero attached hydrogens (tertiary/aromatic N) is 1. The van der Waals surface area contributed by atoms with Crippen LogP contribution in [0.2, 0.25) is 5.02 Å². The molecule has 0 saturated carbocycles. The summed E-state index contributed by atoms with van der Waals surface area (Å²) in [5.41, 5.74) is 4.08. The van der Waals surface area contributed by atoms with Gasteiger partial charge in [-0.1, -0.05) is 23.7 Å². The molecule has 1 aliphatic rings. The van der Waals surface area contributed by atoms with E-state index in [4.69, 9.17) is 11.6 Å². The van der Waals surface area contributed by atoms with E-state index in [9.17, 15) is 4.79 Å². The molecule has 0 saturated heterocycles. The smallest absolute Gasteiger partial charge is 0.252 e. The van der Waals surface area contributed by atoms with Crippen LogP contribution in [-0.2, 0) is 6.54 Å². The molecule has 0 radical (unpaired) electrons. The lowest BCUT2D eigenvalue weighted by Crippen LogP contribution is -2.13. The fourth-order valence-electron chi connectivity index (χ4n) is 2.59. The van der Waals surface area contributed by atoms with Crippen LogP contribution in [-0.4, -0.2) is 15.9 Å². The van der Waals surface area contributed by atoms with Crippen molar-refractivity contribution in [1.82, 2.24) is 15.3 Å². The number of fused-ring (bicyclic) bond motifs is 2. The van der Waals surface area contributed by atoms with Crippen LogP contribution in [0.15, 0.2) is 36.4 Å². The van der Waals surface area contributed by atoms with E-state index in [-0.39, 0.29) is 5.91 Å². The first-order chi connectivity index (χ1) is 9.74. The van der Waals surface area contributed by atoms with Crippen molar-refractivity contribution in [1.29, 1.82) is 0 Å². The number of para-hydroxylation sites is 2. The van der Waals surface area contributed by atoms with Crippen LogP contribution in [0.3, 0.4) is 0 Å². The SMILES string of the molecule is O=C1NCc2c(Cl)ccc(-c3nc4ccccc4[nH]3)c21. The summed E-state index contributed by atoms with van der Waals surface area (Å²) >= 11 is 6.15. The maximum Gasteiger partial charge on any atom is 0.252 e. The minimum atomic E-state index is -0.0991. The number of carbonyl (C=O) groups is 1. The monoisotopic (exact) mass is 283 g/mol. The molecule has 0 bridgehead atoms. The van der Waals surface area contributed by atoms with Gasteiger partial charge in [-0.05, 0) is 24.3 Å². The lowest BCUT2D eigenvalue weighted by atomic mass is 10.0. The number of nitrogens with one attached hydrogen (secondary N) is 2. The molecule has 0 spiro atoms. The molecule has 0 fully saturated rings. The maximum absolute atomic E-state index is 12.0. The van der Waals surface area contributed by atoms with Gasteiger partial charge in [-0.2, -0.15) is 0 Å². The Labute approximate surface area is 119 Å². The van der Waals surface area contributed by atoms with E-state index >= 15 is 0 Å². The summed E-state index contributed by atoms with van der Waals surface area (Å²) < 4.78 is 0. The molecule has 0 aliphatic carbocycles. The first-order valence-electron chi connectivity index (χ1n) is 6.29. The number of aromatic nitrogens is 2. The predicted octanol–water partition coefficient (Wildman–Crippen LogP) is 3.13. The predicted molar refractivity (Wildman–Crippen MR) is 77.7 cm³/mol. The number of hydrogen-bond acceptors (Lipinski definition) is 2. The lowest BCUT2D eigenvalue weighted by molar-refractivity contribution is 0.0966. The summed E-state index contributed by atoms with van der Waals surface area (Å²) in [7, 11) is 0. The quantitative estimate of drug-likeness (QED) is 0.721. The normalized spacial score (nSPS) is 13.6. The number of hydrogen-bond donors (Lipinski definition) is 2. The Balaban J connectivity index is 1.99. The van der Waals surface area contributed by atoms with Crippen molar-refractivity contribution >= 4 is 28.5 Å². The molecular formula is C15H10ClN3O. The summed E-state index contributed by atoms with van der Waals surface area (Å²) in [5, 5.41) is 3.41. The van der Waals surface area contributed by atoms with E-state index in [1.54, 1.807) is 0 Å². The molecule has 3 aromatic rings. The molecule has 1 aromatic heterocycles. The number of imidazole rings is 1. The molecule has 4 nitrogen and oxygen atoms in total. The minimum absolute atomic E-state index is 0.0991. The Morgan fingerprint density at radius 3 is 2.85 bits per heavy atom. The van der Waals surface area contributed by atoms with Crippen LogP contribution in [0, 0.1) is 0 Å².